The van der Waals surface area contributed by atoms with Gasteiger partial charge in [0, 0.05) is 10.5 Å². The van der Waals surface area contributed by atoms with E-state index in [1.165, 1.54) is 18.2 Å². The Morgan fingerprint density at radius 3 is 2.79 bits per heavy atom. The van der Waals surface area contributed by atoms with Gasteiger partial charge in [0.25, 0.3) is 11.8 Å². The summed E-state index contributed by atoms with van der Waals surface area (Å²) in [5.41, 5.74) is 0.392. The van der Waals surface area contributed by atoms with Gasteiger partial charge < -0.3 is 10.4 Å². The first-order chi connectivity index (χ1) is 9.02. The number of β-amino-alcohol motifs (C(OH)–C–C–N with tert-alkyl or cyclic N) is 1. The van der Waals surface area contributed by atoms with Crippen molar-refractivity contribution >= 4 is 33.4 Å². The van der Waals surface area contributed by atoms with E-state index >= 15 is 0 Å². The predicted molar refractivity (Wildman–Crippen MR) is 69.6 cm³/mol. The van der Waals surface area contributed by atoms with Crippen molar-refractivity contribution < 1.29 is 19.1 Å². The quantitative estimate of drug-likeness (QED) is 0.816. The second-order valence-corrected chi connectivity index (χ2v) is 4.68. The van der Waals surface area contributed by atoms with Crippen LogP contribution >= 0.6 is 15.9 Å². The smallest absolute Gasteiger partial charge is 0.277 e. The average Bonchev–Trinajstić information content (AvgIpc) is 2.62. The maximum atomic E-state index is 13.1. The highest BCUT2D eigenvalue weighted by Gasteiger charge is 2.30. The number of amides is 2. The molecular formula is C12H10BrFN2O3. The van der Waals surface area contributed by atoms with Crippen LogP contribution in [0.4, 0.5) is 10.1 Å². The summed E-state index contributed by atoms with van der Waals surface area (Å²) in [6.45, 7) is -0.369. The lowest BCUT2D eigenvalue weighted by atomic mass is 10.3. The van der Waals surface area contributed by atoms with E-state index < -0.39 is 17.6 Å². The minimum absolute atomic E-state index is 0.0461. The summed E-state index contributed by atoms with van der Waals surface area (Å²) in [4.78, 5) is 24.3. The van der Waals surface area contributed by atoms with Crippen molar-refractivity contribution in [1.82, 2.24) is 4.90 Å². The summed E-state index contributed by atoms with van der Waals surface area (Å²) in [5, 5.41) is 11.5. The van der Waals surface area contributed by atoms with Gasteiger partial charge in [-0.2, -0.15) is 0 Å². The van der Waals surface area contributed by atoms with Gasteiger partial charge in [-0.05, 0) is 34.1 Å². The highest BCUT2D eigenvalue weighted by Crippen LogP contribution is 2.26. The first-order valence-electron chi connectivity index (χ1n) is 5.43. The lowest BCUT2D eigenvalue weighted by Gasteiger charge is -2.13. The molecule has 7 heteroatoms. The number of nitrogens with one attached hydrogen (secondary N) is 1. The summed E-state index contributed by atoms with van der Waals surface area (Å²) >= 11 is 3.21. The summed E-state index contributed by atoms with van der Waals surface area (Å²) in [6.07, 6.45) is 1.12. The summed E-state index contributed by atoms with van der Waals surface area (Å²) in [7, 11) is 0. The number of aliphatic hydroxyl groups is 1. The number of carbonyl (C=O) groups is 2. The second-order valence-electron chi connectivity index (χ2n) is 3.83. The van der Waals surface area contributed by atoms with Crippen LogP contribution in [0.3, 0.4) is 0 Å². The third-order valence-electron chi connectivity index (χ3n) is 2.53. The minimum Gasteiger partial charge on any atom is -0.395 e. The van der Waals surface area contributed by atoms with Crippen molar-refractivity contribution in [3.63, 3.8) is 0 Å². The fourth-order valence-corrected chi connectivity index (χ4v) is 1.99. The van der Waals surface area contributed by atoms with Crippen LogP contribution < -0.4 is 5.32 Å². The van der Waals surface area contributed by atoms with E-state index in [0.717, 1.165) is 11.0 Å². The molecule has 0 aromatic heterocycles. The van der Waals surface area contributed by atoms with Crippen LogP contribution in [-0.4, -0.2) is 35.0 Å². The molecule has 0 radical (unpaired) electrons. The van der Waals surface area contributed by atoms with Crippen molar-refractivity contribution in [2.45, 2.75) is 0 Å². The van der Waals surface area contributed by atoms with E-state index in [0.29, 0.717) is 10.2 Å². The third-order valence-corrected chi connectivity index (χ3v) is 3.22. The van der Waals surface area contributed by atoms with E-state index in [-0.39, 0.29) is 18.8 Å². The molecule has 1 aliphatic rings. The molecule has 1 aromatic rings. The topological polar surface area (TPSA) is 69.6 Å². The number of aliphatic hydroxyl groups excluding tert-OH is 1. The van der Waals surface area contributed by atoms with E-state index in [1.54, 1.807) is 0 Å². The van der Waals surface area contributed by atoms with Gasteiger partial charge in [0.1, 0.15) is 11.5 Å². The average molecular weight is 329 g/mol. The molecule has 0 aliphatic carbocycles. The Kier molecular flexibility index (Phi) is 3.96. The van der Waals surface area contributed by atoms with E-state index in [9.17, 15) is 14.0 Å². The molecule has 2 rings (SSSR count). The maximum absolute atomic E-state index is 13.1. The molecule has 19 heavy (non-hydrogen) atoms. The van der Waals surface area contributed by atoms with Gasteiger partial charge in [0.05, 0.1) is 18.8 Å². The van der Waals surface area contributed by atoms with Gasteiger partial charge in [-0.25, -0.2) is 4.39 Å². The Hall–Kier alpha value is -1.73. The number of anilines is 1. The molecule has 2 N–H and O–H groups in total. The Morgan fingerprint density at radius 2 is 2.11 bits per heavy atom. The van der Waals surface area contributed by atoms with E-state index in [2.05, 4.69) is 21.2 Å². The fraction of sp³-hybridized carbons (Fsp3) is 0.167. The first-order valence-corrected chi connectivity index (χ1v) is 6.22. The van der Waals surface area contributed by atoms with E-state index in [1.807, 2.05) is 0 Å². The summed E-state index contributed by atoms with van der Waals surface area (Å²) < 4.78 is 13.7. The third kappa shape index (κ3) is 2.82. The lowest BCUT2D eigenvalue weighted by Crippen LogP contribution is -2.34. The van der Waals surface area contributed by atoms with Crippen LogP contribution in [0.25, 0.3) is 0 Å². The monoisotopic (exact) mass is 328 g/mol. The molecule has 1 aromatic carbocycles. The molecular weight excluding hydrogens is 319 g/mol. The highest BCUT2D eigenvalue weighted by atomic mass is 79.9. The highest BCUT2D eigenvalue weighted by molar-refractivity contribution is 9.10. The Labute approximate surface area is 116 Å². The molecule has 0 spiro atoms. The van der Waals surface area contributed by atoms with Gasteiger partial charge in [-0.15, -0.1) is 0 Å². The first kappa shape index (κ1) is 13.7. The zero-order valence-electron chi connectivity index (χ0n) is 9.69. The Morgan fingerprint density at radius 1 is 1.37 bits per heavy atom. The summed E-state index contributed by atoms with van der Waals surface area (Å²) in [6, 6.07) is 3.96. The van der Waals surface area contributed by atoms with Crippen molar-refractivity contribution in [2.24, 2.45) is 0 Å². The number of hydrogen-bond donors (Lipinski definition) is 2. The van der Waals surface area contributed by atoms with Gasteiger partial charge in [-0.3, -0.25) is 14.5 Å². The van der Waals surface area contributed by atoms with Crippen molar-refractivity contribution in [3.05, 3.63) is 40.3 Å². The molecule has 0 atom stereocenters. The SMILES string of the molecule is O=C1C=C(Nc2cc(F)ccc2Br)C(=O)N1CCO. The van der Waals surface area contributed by atoms with Gasteiger partial charge in [0.15, 0.2) is 0 Å². The van der Waals surface area contributed by atoms with Crippen LogP contribution in [0.5, 0.6) is 0 Å². The number of nitrogens with zero attached hydrogens (tertiary/aromatic N) is 1. The molecule has 0 saturated heterocycles. The number of hydrogen-bond acceptors (Lipinski definition) is 4. The van der Waals surface area contributed by atoms with Gasteiger partial charge in [-0.1, -0.05) is 0 Å². The molecule has 5 nitrogen and oxygen atoms in total. The number of carbonyl (C=O) groups excluding carboxylic acids is 2. The molecule has 100 valence electrons. The van der Waals surface area contributed by atoms with Crippen LogP contribution in [0.1, 0.15) is 0 Å². The molecule has 0 bridgehead atoms. The molecule has 0 fully saturated rings. The van der Waals surface area contributed by atoms with Crippen LogP contribution in [0.15, 0.2) is 34.4 Å². The molecule has 0 saturated carbocycles. The largest absolute Gasteiger partial charge is 0.395 e. The van der Waals surface area contributed by atoms with Crippen molar-refractivity contribution in [2.75, 3.05) is 18.5 Å². The van der Waals surface area contributed by atoms with Gasteiger partial charge >= 0.3 is 0 Å². The second kappa shape index (κ2) is 5.50. The number of rotatable bonds is 4. The molecule has 1 aliphatic heterocycles. The van der Waals surface area contributed by atoms with E-state index in [4.69, 9.17) is 5.11 Å². The standard InChI is InChI=1S/C12H10BrFN2O3/c13-8-2-1-7(14)5-9(8)15-10-6-11(18)16(3-4-17)12(10)19/h1-2,5-6,15,17H,3-4H2. The molecule has 2 amide bonds. The number of imide groups is 1. The van der Waals surface area contributed by atoms with Crippen LogP contribution in [0.2, 0.25) is 0 Å². The molecule has 1 heterocycles. The van der Waals surface area contributed by atoms with Crippen LogP contribution in [0, 0.1) is 5.82 Å². The zero-order valence-corrected chi connectivity index (χ0v) is 11.3. The fourth-order valence-electron chi connectivity index (χ4n) is 1.65. The molecule has 0 unspecified atom stereocenters. The number of halogens is 2. The van der Waals surface area contributed by atoms with Crippen molar-refractivity contribution in [3.8, 4) is 0 Å². The number of benzene rings is 1. The Bertz CT molecular complexity index is 574. The maximum Gasteiger partial charge on any atom is 0.277 e. The van der Waals surface area contributed by atoms with Crippen molar-refractivity contribution in [1.29, 1.82) is 0 Å². The summed E-state index contributed by atoms with van der Waals surface area (Å²) in [5.74, 6) is -1.51. The normalized spacial score (nSPS) is 14.9. The zero-order chi connectivity index (χ0) is 14.0. The Balaban J connectivity index is 2.20. The lowest BCUT2D eigenvalue weighted by molar-refractivity contribution is -0.137. The predicted octanol–water partition coefficient (Wildman–Crippen LogP) is 1.25. The van der Waals surface area contributed by atoms with Gasteiger partial charge in [0.2, 0.25) is 0 Å². The minimum atomic E-state index is -0.546. The van der Waals surface area contributed by atoms with Crippen LogP contribution in [-0.2, 0) is 9.59 Å².